The Balaban J connectivity index is 3.26. The molecule has 0 spiro atoms. The van der Waals surface area contributed by atoms with Crippen molar-refractivity contribution in [1.82, 2.24) is 4.31 Å². The summed E-state index contributed by atoms with van der Waals surface area (Å²) in [6.07, 6.45) is 1.37. The minimum absolute atomic E-state index is 0.305. The Morgan fingerprint density at radius 2 is 2.15 bits per heavy atom. The molecule has 0 saturated carbocycles. The van der Waals surface area contributed by atoms with Crippen LogP contribution in [0, 0.1) is 0 Å². The first kappa shape index (κ1) is 12.5. The van der Waals surface area contributed by atoms with Crippen LogP contribution in [0.4, 0.5) is 0 Å². The van der Waals surface area contributed by atoms with Gasteiger partial charge in [0.1, 0.15) is 0 Å². The third kappa shape index (κ3) is 7.89. The van der Waals surface area contributed by atoms with Crippen molar-refractivity contribution >= 4 is 17.2 Å². The van der Waals surface area contributed by atoms with Crippen molar-refractivity contribution in [2.75, 3.05) is 20.2 Å². The molecule has 0 amide bonds. The molecule has 5 nitrogen and oxygen atoms in total. The van der Waals surface area contributed by atoms with Crippen LogP contribution in [0.3, 0.4) is 0 Å². The molecular formula is C7H14NO4S-. The number of ether oxygens (including phenoxy) is 1. The monoisotopic (exact) mass is 208 g/mol. The normalized spacial score (nSPS) is 12.9. The molecule has 0 radical (unpaired) electrons. The molecule has 0 aliphatic heterocycles. The summed E-state index contributed by atoms with van der Waals surface area (Å²) in [7, 11) is 1.49. The van der Waals surface area contributed by atoms with E-state index < -0.39 is 11.3 Å². The van der Waals surface area contributed by atoms with Crippen molar-refractivity contribution in [2.24, 2.45) is 0 Å². The largest absolute Gasteiger partial charge is 0.760 e. The second-order valence-electron chi connectivity index (χ2n) is 2.62. The van der Waals surface area contributed by atoms with Crippen molar-refractivity contribution in [2.45, 2.75) is 19.8 Å². The van der Waals surface area contributed by atoms with Crippen LogP contribution >= 0.6 is 0 Å². The minimum Gasteiger partial charge on any atom is -0.760 e. The molecule has 1 unspecified atom stereocenters. The van der Waals surface area contributed by atoms with E-state index in [0.717, 1.165) is 0 Å². The maximum Gasteiger partial charge on any atom is 0.302 e. The Morgan fingerprint density at radius 3 is 2.62 bits per heavy atom. The number of rotatable bonds is 6. The molecule has 0 aromatic rings. The van der Waals surface area contributed by atoms with Gasteiger partial charge >= 0.3 is 5.97 Å². The van der Waals surface area contributed by atoms with Gasteiger partial charge in [0.25, 0.3) is 0 Å². The molecule has 13 heavy (non-hydrogen) atoms. The van der Waals surface area contributed by atoms with Gasteiger partial charge in [-0.3, -0.25) is 9.00 Å². The molecule has 0 fully saturated rings. The summed E-state index contributed by atoms with van der Waals surface area (Å²) in [5, 5.41) is 0. The lowest BCUT2D eigenvalue weighted by Crippen LogP contribution is -2.22. The third-order valence-corrected chi connectivity index (χ3v) is 2.12. The number of nitrogens with zero attached hydrogens (tertiary/aromatic N) is 1. The van der Waals surface area contributed by atoms with Gasteiger partial charge in [-0.2, -0.15) is 0 Å². The lowest BCUT2D eigenvalue weighted by molar-refractivity contribution is -0.141. The fraction of sp³-hybridized carbons (Fsp3) is 0.857. The number of esters is 1. The Bertz CT molecular complexity index is 185. The Kier molecular flexibility index (Phi) is 6.75. The average molecular weight is 208 g/mol. The standard InChI is InChI=1S/C7H15NO4S/c1-7(9)12-6-4-3-5-8(2)13(10)11/h3-6H2,1-2H3,(H,10,11)/p-1. The van der Waals surface area contributed by atoms with Gasteiger partial charge < -0.3 is 9.29 Å². The molecular weight excluding hydrogens is 194 g/mol. The van der Waals surface area contributed by atoms with Crippen LogP contribution in [0.25, 0.3) is 0 Å². The maximum absolute atomic E-state index is 10.3. The highest BCUT2D eigenvalue weighted by Crippen LogP contribution is 1.95. The summed E-state index contributed by atoms with van der Waals surface area (Å²) < 4.78 is 26.5. The Labute approximate surface area is 80.5 Å². The molecule has 0 saturated heterocycles. The molecule has 78 valence electrons. The topological polar surface area (TPSA) is 69.7 Å². The van der Waals surface area contributed by atoms with Gasteiger partial charge in [-0.1, -0.05) is 0 Å². The van der Waals surface area contributed by atoms with Gasteiger partial charge in [-0.15, -0.1) is 0 Å². The van der Waals surface area contributed by atoms with Crippen LogP contribution in [0.2, 0.25) is 0 Å². The first-order chi connectivity index (χ1) is 6.04. The molecule has 0 aromatic carbocycles. The first-order valence-electron chi connectivity index (χ1n) is 3.98. The van der Waals surface area contributed by atoms with Crippen LogP contribution in [0.1, 0.15) is 19.8 Å². The van der Waals surface area contributed by atoms with Gasteiger partial charge in [-0.05, 0) is 19.9 Å². The summed E-state index contributed by atoms with van der Waals surface area (Å²) >= 11 is -2.15. The third-order valence-electron chi connectivity index (χ3n) is 1.43. The predicted octanol–water partition coefficient (Wildman–Crippen LogP) is 0.0556. The summed E-state index contributed by atoms with van der Waals surface area (Å²) in [6.45, 7) is 2.16. The average Bonchev–Trinajstić information content (AvgIpc) is 2.02. The molecule has 0 rings (SSSR count). The zero-order valence-corrected chi connectivity index (χ0v) is 8.63. The van der Waals surface area contributed by atoms with Crippen LogP contribution in [0.5, 0.6) is 0 Å². The first-order valence-corrected chi connectivity index (χ1v) is 5.01. The zero-order chi connectivity index (χ0) is 10.3. The highest BCUT2D eigenvalue weighted by Gasteiger charge is 1.97. The van der Waals surface area contributed by atoms with Gasteiger partial charge in [0.2, 0.25) is 0 Å². The van der Waals surface area contributed by atoms with Crippen molar-refractivity contribution in [3.8, 4) is 0 Å². The van der Waals surface area contributed by atoms with E-state index in [1.54, 1.807) is 0 Å². The van der Waals surface area contributed by atoms with E-state index in [0.29, 0.717) is 26.0 Å². The summed E-state index contributed by atoms with van der Waals surface area (Å²) in [5.74, 6) is -0.305. The van der Waals surface area contributed by atoms with E-state index in [4.69, 9.17) is 0 Å². The van der Waals surface area contributed by atoms with E-state index in [1.165, 1.54) is 18.3 Å². The summed E-state index contributed by atoms with van der Waals surface area (Å²) in [6, 6.07) is 0. The number of carbonyl (C=O) groups is 1. The number of hydrogen-bond donors (Lipinski definition) is 0. The summed E-state index contributed by atoms with van der Waals surface area (Å²) in [4.78, 5) is 10.3. The van der Waals surface area contributed by atoms with E-state index in [2.05, 4.69) is 4.74 Å². The second-order valence-corrected chi connectivity index (χ2v) is 3.67. The summed E-state index contributed by atoms with van der Waals surface area (Å²) in [5.41, 5.74) is 0. The van der Waals surface area contributed by atoms with Crippen LogP contribution in [-0.4, -0.2) is 39.2 Å². The second kappa shape index (κ2) is 6.99. The molecule has 1 atom stereocenters. The molecule has 6 heteroatoms. The van der Waals surface area contributed by atoms with E-state index in [9.17, 15) is 13.6 Å². The van der Waals surface area contributed by atoms with Gasteiger partial charge in [0.05, 0.1) is 6.61 Å². The predicted molar refractivity (Wildman–Crippen MR) is 47.4 cm³/mol. The van der Waals surface area contributed by atoms with Crippen molar-refractivity contribution in [3.05, 3.63) is 0 Å². The highest BCUT2D eigenvalue weighted by molar-refractivity contribution is 7.76. The van der Waals surface area contributed by atoms with Gasteiger partial charge in [0.15, 0.2) is 0 Å². The Hall–Kier alpha value is -0.460. The molecule has 0 aliphatic carbocycles. The van der Waals surface area contributed by atoms with E-state index in [-0.39, 0.29) is 5.97 Å². The molecule has 0 aliphatic rings. The Morgan fingerprint density at radius 1 is 1.54 bits per heavy atom. The molecule has 0 N–H and O–H groups in total. The van der Waals surface area contributed by atoms with Crippen LogP contribution < -0.4 is 0 Å². The fourth-order valence-electron chi connectivity index (χ4n) is 0.727. The molecule has 0 heterocycles. The minimum atomic E-state index is -2.15. The SMILES string of the molecule is CC(=O)OCCCCN(C)S(=O)[O-]. The smallest absolute Gasteiger partial charge is 0.302 e. The van der Waals surface area contributed by atoms with Crippen LogP contribution in [0.15, 0.2) is 0 Å². The lowest BCUT2D eigenvalue weighted by Gasteiger charge is -2.18. The van der Waals surface area contributed by atoms with E-state index >= 15 is 0 Å². The van der Waals surface area contributed by atoms with Crippen LogP contribution in [-0.2, 0) is 20.8 Å². The van der Waals surface area contributed by atoms with Crippen molar-refractivity contribution in [1.29, 1.82) is 0 Å². The number of hydrogen-bond acceptors (Lipinski definition) is 4. The van der Waals surface area contributed by atoms with Crippen molar-refractivity contribution in [3.63, 3.8) is 0 Å². The van der Waals surface area contributed by atoms with Gasteiger partial charge in [-0.25, -0.2) is 4.31 Å². The van der Waals surface area contributed by atoms with Gasteiger partial charge in [0, 0.05) is 24.7 Å². The van der Waals surface area contributed by atoms with Crippen molar-refractivity contribution < 1.29 is 18.3 Å². The highest BCUT2D eigenvalue weighted by atomic mass is 32.2. The number of unbranched alkanes of at least 4 members (excludes halogenated alkanes) is 1. The molecule has 0 aromatic heterocycles. The fourth-order valence-corrected chi connectivity index (χ4v) is 1.01. The quantitative estimate of drug-likeness (QED) is 0.351. The van der Waals surface area contributed by atoms with E-state index in [1.807, 2.05) is 0 Å². The molecule has 0 bridgehead atoms. The lowest BCUT2D eigenvalue weighted by atomic mass is 10.3. The maximum atomic E-state index is 10.3. The zero-order valence-electron chi connectivity index (χ0n) is 7.82. The number of carbonyl (C=O) groups excluding carboxylic acids is 1.